The van der Waals surface area contributed by atoms with Crippen LogP contribution in [0.4, 0.5) is 0 Å². The summed E-state index contributed by atoms with van der Waals surface area (Å²) in [5.41, 5.74) is 1.59. The molecule has 1 aromatic heterocycles. The van der Waals surface area contributed by atoms with E-state index in [9.17, 15) is 4.79 Å². The van der Waals surface area contributed by atoms with E-state index in [1.165, 1.54) is 6.42 Å². The third-order valence-corrected chi connectivity index (χ3v) is 6.44. The van der Waals surface area contributed by atoms with Crippen LogP contribution in [0.25, 0.3) is 5.69 Å². The number of fused-ring (bicyclic) bond motifs is 4. The highest BCUT2D eigenvalue weighted by molar-refractivity contribution is 5.94. The Morgan fingerprint density at radius 3 is 2.54 bits per heavy atom. The summed E-state index contributed by atoms with van der Waals surface area (Å²) in [4.78, 5) is 18.0. The molecule has 8 heteroatoms. The minimum Gasteiger partial charge on any atom is -0.381 e. The highest BCUT2D eigenvalue weighted by Gasteiger charge is 2.39. The van der Waals surface area contributed by atoms with Crippen LogP contribution in [0.15, 0.2) is 30.6 Å². The standard InChI is InChI=1S/C20H26N6O2/c27-20(16-2-5-18(6-3-16)26-14-21-22-23-26)25-12-15-1-4-19(25)13-24(11-15)17-7-9-28-10-8-17/h2-3,5-6,14-15,17,19H,1,4,7-13H2/t15-,19+/m0/s1. The third-order valence-electron chi connectivity index (χ3n) is 6.44. The molecule has 0 saturated carbocycles. The molecule has 0 spiro atoms. The van der Waals surface area contributed by atoms with E-state index in [0.717, 1.165) is 63.4 Å². The minimum absolute atomic E-state index is 0.145. The summed E-state index contributed by atoms with van der Waals surface area (Å²) in [7, 11) is 0. The molecule has 148 valence electrons. The largest absolute Gasteiger partial charge is 0.381 e. The van der Waals surface area contributed by atoms with Crippen molar-refractivity contribution in [3.8, 4) is 5.69 Å². The lowest BCUT2D eigenvalue weighted by Gasteiger charge is -2.37. The van der Waals surface area contributed by atoms with Gasteiger partial charge in [0, 0.05) is 50.5 Å². The fraction of sp³-hybridized carbons (Fsp3) is 0.600. The molecule has 0 N–H and O–H groups in total. The van der Waals surface area contributed by atoms with Crippen LogP contribution >= 0.6 is 0 Å². The summed E-state index contributed by atoms with van der Waals surface area (Å²) in [5.74, 6) is 0.720. The van der Waals surface area contributed by atoms with E-state index in [4.69, 9.17) is 4.74 Å². The SMILES string of the molecule is O=C(c1ccc(-n2cnnn2)cc1)N1C[C@H]2CC[C@@H]1CN(C1CCOCC1)C2. The number of hydrogen-bond donors (Lipinski definition) is 0. The first-order valence-corrected chi connectivity index (χ1v) is 10.2. The Morgan fingerprint density at radius 2 is 1.79 bits per heavy atom. The lowest BCUT2D eigenvalue weighted by Crippen LogP contribution is -2.48. The van der Waals surface area contributed by atoms with Gasteiger partial charge in [-0.05, 0) is 66.3 Å². The Hall–Kier alpha value is -2.32. The van der Waals surface area contributed by atoms with Gasteiger partial charge in [0.1, 0.15) is 6.33 Å². The van der Waals surface area contributed by atoms with Crippen LogP contribution in [0.2, 0.25) is 0 Å². The van der Waals surface area contributed by atoms with Crippen molar-refractivity contribution in [3.63, 3.8) is 0 Å². The fourth-order valence-electron chi connectivity index (χ4n) is 4.92. The lowest BCUT2D eigenvalue weighted by atomic mass is 9.94. The number of carbonyl (C=O) groups is 1. The molecule has 6 rings (SSSR count). The summed E-state index contributed by atoms with van der Waals surface area (Å²) >= 11 is 0. The Bertz CT molecular complexity index is 803. The molecule has 28 heavy (non-hydrogen) atoms. The van der Waals surface area contributed by atoms with Gasteiger partial charge in [-0.15, -0.1) is 5.10 Å². The van der Waals surface area contributed by atoms with Gasteiger partial charge in [0.15, 0.2) is 0 Å². The van der Waals surface area contributed by atoms with Gasteiger partial charge in [0.05, 0.1) is 5.69 Å². The van der Waals surface area contributed by atoms with E-state index in [2.05, 4.69) is 25.3 Å². The molecule has 0 aliphatic carbocycles. The Morgan fingerprint density at radius 1 is 0.964 bits per heavy atom. The van der Waals surface area contributed by atoms with E-state index in [0.29, 0.717) is 18.0 Å². The summed E-state index contributed by atoms with van der Waals surface area (Å²) < 4.78 is 7.13. The molecule has 2 bridgehead atoms. The molecule has 4 saturated heterocycles. The van der Waals surface area contributed by atoms with Crippen LogP contribution in [0, 0.1) is 5.92 Å². The van der Waals surface area contributed by atoms with Crippen LogP contribution in [0.5, 0.6) is 0 Å². The smallest absolute Gasteiger partial charge is 0.254 e. The monoisotopic (exact) mass is 382 g/mol. The Labute approximate surface area is 164 Å². The van der Waals surface area contributed by atoms with E-state index in [1.54, 1.807) is 11.0 Å². The van der Waals surface area contributed by atoms with Gasteiger partial charge in [-0.3, -0.25) is 9.69 Å². The number of rotatable bonds is 3. The molecular formula is C20H26N6O2. The zero-order valence-corrected chi connectivity index (χ0v) is 16.0. The van der Waals surface area contributed by atoms with Crippen molar-refractivity contribution in [2.75, 3.05) is 32.8 Å². The zero-order chi connectivity index (χ0) is 18.9. The number of nitrogens with zero attached hydrogens (tertiary/aromatic N) is 6. The Balaban J connectivity index is 1.31. The van der Waals surface area contributed by atoms with Crippen molar-refractivity contribution in [1.29, 1.82) is 0 Å². The average Bonchev–Trinajstić information content (AvgIpc) is 3.14. The number of amides is 1. The van der Waals surface area contributed by atoms with Crippen LogP contribution < -0.4 is 0 Å². The second kappa shape index (κ2) is 7.60. The van der Waals surface area contributed by atoms with E-state index < -0.39 is 0 Å². The maximum absolute atomic E-state index is 13.3. The van der Waals surface area contributed by atoms with E-state index >= 15 is 0 Å². The molecule has 0 unspecified atom stereocenters. The van der Waals surface area contributed by atoms with Crippen molar-refractivity contribution in [2.45, 2.75) is 37.8 Å². The van der Waals surface area contributed by atoms with Crippen molar-refractivity contribution in [1.82, 2.24) is 30.0 Å². The first kappa shape index (κ1) is 17.8. The second-order valence-electron chi connectivity index (χ2n) is 8.15. The van der Waals surface area contributed by atoms with Gasteiger partial charge >= 0.3 is 0 Å². The van der Waals surface area contributed by atoms with Gasteiger partial charge < -0.3 is 9.64 Å². The highest BCUT2D eigenvalue weighted by atomic mass is 16.5. The average molecular weight is 382 g/mol. The minimum atomic E-state index is 0.145. The number of ether oxygens (including phenoxy) is 1. The molecule has 2 aromatic rings. The van der Waals surface area contributed by atoms with Crippen molar-refractivity contribution in [2.24, 2.45) is 5.92 Å². The quantitative estimate of drug-likeness (QED) is 0.798. The predicted molar refractivity (Wildman–Crippen MR) is 102 cm³/mol. The number of benzene rings is 1. The molecule has 2 atom stereocenters. The molecule has 4 aliphatic heterocycles. The maximum atomic E-state index is 13.3. The number of carbonyl (C=O) groups excluding carboxylic acids is 1. The van der Waals surface area contributed by atoms with E-state index in [-0.39, 0.29) is 5.91 Å². The summed E-state index contributed by atoms with van der Waals surface area (Å²) in [5, 5.41) is 11.2. The van der Waals surface area contributed by atoms with Crippen LogP contribution in [-0.4, -0.2) is 80.8 Å². The normalized spacial score (nSPS) is 26.4. The Kier molecular flexibility index (Phi) is 4.82. The summed E-state index contributed by atoms with van der Waals surface area (Å²) in [6.45, 7) is 4.72. The van der Waals surface area contributed by atoms with Gasteiger partial charge in [-0.2, -0.15) is 0 Å². The maximum Gasteiger partial charge on any atom is 0.254 e. The summed E-state index contributed by atoms with van der Waals surface area (Å²) in [6.07, 6.45) is 6.12. The van der Waals surface area contributed by atoms with E-state index in [1.807, 2.05) is 24.3 Å². The predicted octanol–water partition coefficient (Wildman–Crippen LogP) is 1.38. The molecule has 1 amide bonds. The first-order valence-electron chi connectivity index (χ1n) is 10.2. The molecule has 0 radical (unpaired) electrons. The fourth-order valence-corrected chi connectivity index (χ4v) is 4.92. The topological polar surface area (TPSA) is 76.4 Å². The van der Waals surface area contributed by atoms with Gasteiger partial charge in [0.2, 0.25) is 0 Å². The molecule has 4 aliphatic rings. The van der Waals surface area contributed by atoms with Crippen molar-refractivity contribution in [3.05, 3.63) is 36.2 Å². The van der Waals surface area contributed by atoms with Crippen molar-refractivity contribution < 1.29 is 9.53 Å². The van der Waals surface area contributed by atoms with Crippen LogP contribution in [-0.2, 0) is 4.74 Å². The number of tetrazole rings is 1. The zero-order valence-electron chi connectivity index (χ0n) is 16.0. The first-order chi connectivity index (χ1) is 13.8. The number of hydrogen-bond acceptors (Lipinski definition) is 6. The number of piperidine rings is 1. The van der Waals surface area contributed by atoms with Gasteiger partial charge in [-0.25, -0.2) is 4.68 Å². The molecule has 5 heterocycles. The summed E-state index contributed by atoms with van der Waals surface area (Å²) in [6, 6.07) is 8.49. The molecule has 4 fully saturated rings. The number of aromatic nitrogens is 4. The van der Waals surface area contributed by atoms with Gasteiger partial charge in [0.25, 0.3) is 5.91 Å². The van der Waals surface area contributed by atoms with Gasteiger partial charge in [-0.1, -0.05) is 0 Å². The van der Waals surface area contributed by atoms with Crippen molar-refractivity contribution >= 4 is 5.91 Å². The second-order valence-corrected chi connectivity index (χ2v) is 8.15. The third kappa shape index (κ3) is 3.42. The lowest BCUT2D eigenvalue weighted by molar-refractivity contribution is 0.0304. The molecule has 8 nitrogen and oxygen atoms in total. The van der Waals surface area contributed by atoms with Crippen LogP contribution in [0.3, 0.4) is 0 Å². The molecular weight excluding hydrogens is 356 g/mol. The molecule has 1 aromatic carbocycles. The van der Waals surface area contributed by atoms with Crippen LogP contribution in [0.1, 0.15) is 36.0 Å². The highest BCUT2D eigenvalue weighted by Crippen LogP contribution is 2.31.